The highest BCUT2D eigenvalue weighted by Gasteiger charge is 2.27. The zero-order valence-corrected chi connectivity index (χ0v) is 12.8. The molecule has 17 heavy (non-hydrogen) atoms. The predicted molar refractivity (Wildman–Crippen MR) is 79.5 cm³/mol. The van der Waals surface area contributed by atoms with E-state index in [9.17, 15) is 4.39 Å². The molecule has 5 heteroatoms. The van der Waals surface area contributed by atoms with Gasteiger partial charge in [-0.15, -0.1) is 0 Å². The molecule has 2 atom stereocenters. The third-order valence-electron chi connectivity index (χ3n) is 2.84. The van der Waals surface area contributed by atoms with Crippen molar-refractivity contribution in [3.05, 3.63) is 34.1 Å². The number of benzene rings is 1. The van der Waals surface area contributed by atoms with Crippen LogP contribution in [0.25, 0.3) is 0 Å². The Kier molecular flexibility index (Phi) is 5.21. The first-order valence-electron chi connectivity index (χ1n) is 5.54. The van der Waals surface area contributed by atoms with E-state index in [1.54, 1.807) is 6.07 Å². The Morgan fingerprint density at radius 1 is 1.47 bits per heavy atom. The molecular weight excluding hydrogens is 321 g/mol. The summed E-state index contributed by atoms with van der Waals surface area (Å²) in [5.41, 5.74) is 0.766. The first-order chi connectivity index (χ1) is 8.24. The predicted octanol–water partition coefficient (Wildman–Crippen LogP) is 3.70. The lowest BCUT2D eigenvalue weighted by atomic mass is 10.0. The van der Waals surface area contributed by atoms with Crippen molar-refractivity contribution in [3.63, 3.8) is 0 Å². The molecule has 1 nitrogen and oxygen atoms in total. The highest BCUT2D eigenvalue weighted by Crippen LogP contribution is 2.35. The summed E-state index contributed by atoms with van der Waals surface area (Å²) in [5.74, 6) is 3.31. The molecule has 0 saturated carbocycles. The van der Waals surface area contributed by atoms with Crippen molar-refractivity contribution in [2.45, 2.75) is 11.3 Å². The lowest BCUT2D eigenvalue weighted by Gasteiger charge is -2.30. The number of hydrogen-bond acceptors (Lipinski definition) is 3. The SMILES string of the molecule is CNC(c1cccc(Br)c1F)C1CSCCS1. The van der Waals surface area contributed by atoms with Crippen molar-refractivity contribution in [3.8, 4) is 0 Å². The molecule has 1 aliphatic heterocycles. The molecular formula is C12H15BrFNS2. The Morgan fingerprint density at radius 3 is 2.94 bits per heavy atom. The third kappa shape index (κ3) is 3.19. The van der Waals surface area contributed by atoms with Gasteiger partial charge in [-0.3, -0.25) is 0 Å². The van der Waals surface area contributed by atoms with Crippen LogP contribution in [0.5, 0.6) is 0 Å². The zero-order chi connectivity index (χ0) is 12.3. The Morgan fingerprint density at radius 2 is 2.29 bits per heavy atom. The van der Waals surface area contributed by atoms with E-state index in [-0.39, 0.29) is 11.9 Å². The summed E-state index contributed by atoms with van der Waals surface area (Å²) < 4.78 is 14.6. The van der Waals surface area contributed by atoms with Crippen molar-refractivity contribution in [1.29, 1.82) is 0 Å². The normalized spacial score (nSPS) is 22.4. The summed E-state index contributed by atoms with van der Waals surface area (Å²) in [4.78, 5) is 0. The van der Waals surface area contributed by atoms with Crippen molar-refractivity contribution < 1.29 is 4.39 Å². The van der Waals surface area contributed by atoms with E-state index in [1.165, 1.54) is 5.75 Å². The van der Waals surface area contributed by atoms with Crippen LogP contribution in [0.4, 0.5) is 4.39 Å². The standard InChI is InChI=1S/C12H15BrFNS2/c1-15-12(10-7-16-5-6-17-10)8-3-2-4-9(13)11(8)14/h2-4,10,12,15H,5-7H2,1H3. The number of thioether (sulfide) groups is 2. The highest BCUT2D eigenvalue weighted by molar-refractivity contribution is 9.10. The molecule has 0 aliphatic carbocycles. The molecule has 1 aromatic carbocycles. The third-order valence-corrected chi connectivity index (χ3v) is 6.32. The molecule has 0 aromatic heterocycles. The summed E-state index contributed by atoms with van der Waals surface area (Å²) in [7, 11) is 1.91. The van der Waals surface area contributed by atoms with E-state index < -0.39 is 0 Å². The Bertz CT molecular complexity index is 383. The molecule has 1 aromatic rings. The second-order valence-electron chi connectivity index (χ2n) is 3.89. The van der Waals surface area contributed by atoms with E-state index in [4.69, 9.17) is 0 Å². The lowest BCUT2D eigenvalue weighted by Crippen LogP contribution is -2.32. The zero-order valence-electron chi connectivity index (χ0n) is 9.58. The molecule has 1 N–H and O–H groups in total. The van der Waals surface area contributed by atoms with Crippen LogP contribution in [0.15, 0.2) is 22.7 Å². The number of nitrogens with one attached hydrogen (secondary N) is 1. The Labute approximate surface area is 118 Å². The summed E-state index contributed by atoms with van der Waals surface area (Å²) in [6.07, 6.45) is 0. The van der Waals surface area contributed by atoms with Gasteiger partial charge < -0.3 is 5.32 Å². The molecule has 1 heterocycles. The fourth-order valence-electron chi connectivity index (χ4n) is 2.00. The van der Waals surface area contributed by atoms with Gasteiger partial charge in [-0.1, -0.05) is 12.1 Å². The largest absolute Gasteiger partial charge is 0.312 e. The van der Waals surface area contributed by atoms with E-state index in [0.29, 0.717) is 9.72 Å². The molecule has 94 valence electrons. The van der Waals surface area contributed by atoms with E-state index in [0.717, 1.165) is 17.1 Å². The molecule has 0 radical (unpaired) electrons. The smallest absolute Gasteiger partial charge is 0.142 e. The summed E-state index contributed by atoms with van der Waals surface area (Å²) in [6.45, 7) is 0. The average Bonchev–Trinajstić information content (AvgIpc) is 2.37. The molecule has 1 fully saturated rings. The Balaban J connectivity index is 2.24. The minimum Gasteiger partial charge on any atom is -0.312 e. The number of hydrogen-bond donors (Lipinski definition) is 1. The maximum Gasteiger partial charge on any atom is 0.142 e. The van der Waals surface area contributed by atoms with Gasteiger partial charge in [0.1, 0.15) is 5.82 Å². The molecule has 0 bridgehead atoms. The molecule has 2 unspecified atom stereocenters. The van der Waals surface area contributed by atoms with Crippen LogP contribution in [0.3, 0.4) is 0 Å². The lowest BCUT2D eigenvalue weighted by molar-refractivity contribution is 0.531. The summed E-state index contributed by atoms with van der Waals surface area (Å²) in [5, 5.41) is 3.71. The van der Waals surface area contributed by atoms with Crippen LogP contribution in [0, 0.1) is 5.82 Å². The van der Waals surface area contributed by atoms with Gasteiger partial charge in [0.15, 0.2) is 0 Å². The maximum atomic E-state index is 14.1. The van der Waals surface area contributed by atoms with E-state index in [1.807, 2.05) is 42.7 Å². The van der Waals surface area contributed by atoms with E-state index in [2.05, 4.69) is 21.2 Å². The molecule has 2 rings (SSSR count). The van der Waals surface area contributed by atoms with Gasteiger partial charge in [-0.25, -0.2) is 4.39 Å². The van der Waals surface area contributed by atoms with Crippen LogP contribution in [0.1, 0.15) is 11.6 Å². The van der Waals surface area contributed by atoms with Gasteiger partial charge in [0.25, 0.3) is 0 Å². The van der Waals surface area contributed by atoms with Gasteiger partial charge in [0, 0.05) is 34.1 Å². The monoisotopic (exact) mass is 335 g/mol. The van der Waals surface area contributed by atoms with Crippen LogP contribution >= 0.6 is 39.5 Å². The molecule has 1 saturated heterocycles. The quantitative estimate of drug-likeness (QED) is 0.904. The summed E-state index contributed by atoms with van der Waals surface area (Å²) in [6, 6.07) is 5.60. The van der Waals surface area contributed by atoms with Gasteiger partial charge in [0.05, 0.1) is 4.47 Å². The second-order valence-corrected chi connectivity index (χ2v) is 7.24. The van der Waals surface area contributed by atoms with Crippen LogP contribution in [-0.2, 0) is 0 Å². The molecule has 0 amide bonds. The van der Waals surface area contributed by atoms with Crippen LogP contribution in [-0.4, -0.2) is 29.6 Å². The second kappa shape index (κ2) is 6.45. The minimum atomic E-state index is -0.136. The van der Waals surface area contributed by atoms with Gasteiger partial charge >= 0.3 is 0 Å². The van der Waals surface area contributed by atoms with Crippen molar-refractivity contribution in [2.75, 3.05) is 24.3 Å². The summed E-state index contributed by atoms with van der Waals surface area (Å²) >= 11 is 7.15. The number of halogens is 2. The topological polar surface area (TPSA) is 12.0 Å². The fourth-order valence-corrected chi connectivity index (χ4v) is 5.28. The highest BCUT2D eigenvalue weighted by atomic mass is 79.9. The molecule has 1 aliphatic rings. The van der Waals surface area contributed by atoms with Crippen molar-refractivity contribution in [1.82, 2.24) is 5.32 Å². The van der Waals surface area contributed by atoms with Crippen molar-refractivity contribution >= 4 is 39.5 Å². The fraction of sp³-hybridized carbons (Fsp3) is 0.500. The minimum absolute atomic E-state index is 0.0882. The van der Waals surface area contributed by atoms with Crippen LogP contribution in [0.2, 0.25) is 0 Å². The maximum absolute atomic E-state index is 14.1. The molecule has 0 spiro atoms. The number of rotatable bonds is 3. The van der Waals surface area contributed by atoms with Gasteiger partial charge in [-0.2, -0.15) is 23.5 Å². The Hall–Kier alpha value is 0.290. The first-order valence-corrected chi connectivity index (χ1v) is 8.54. The van der Waals surface area contributed by atoms with Crippen molar-refractivity contribution in [2.24, 2.45) is 0 Å². The first kappa shape index (κ1) is 13.7. The van der Waals surface area contributed by atoms with Gasteiger partial charge in [0.2, 0.25) is 0 Å². The van der Waals surface area contributed by atoms with E-state index >= 15 is 0 Å². The van der Waals surface area contributed by atoms with Gasteiger partial charge in [-0.05, 0) is 29.0 Å². The average molecular weight is 336 g/mol. The van der Waals surface area contributed by atoms with Crippen LogP contribution < -0.4 is 5.32 Å².